The van der Waals surface area contributed by atoms with Gasteiger partial charge in [-0.15, -0.1) is 12.4 Å². The Balaban J connectivity index is 0.00000312. The highest BCUT2D eigenvalue weighted by Crippen LogP contribution is 2.26. The van der Waals surface area contributed by atoms with Crippen molar-refractivity contribution in [2.24, 2.45) is 11.7 Å². The van der Waals surface area contributed by atoms with Gasteiger partial charge in [0.1, 0.15) is 5.75 Å². The second kappa shape index (κ2) is 10.4. The number of carbonyl (C=O) groups excluding carboxylic acids is 2. The molecule has 0 aromatic heterocycles. The van der Waals surface area contributed by atoms with Gasteiger partial charge in [-0.3, -0.25) is 9.59 Å². The number of halogens is 1. The van der Waals surface area contributed by atoms with E-state index in [1.54, 1.807) is 25.3 Å². The highest BCUT2D eigenvalue weighted by Gasteiger charge is 2.24. The Labute approximate surface area is 156 Å². The molecule has 1 aliphatic rings. The molecule has 1 aromatic rings. The predicted octanol–water partition coefficient (Wildman–Crippen LogP) is 2.89. The third kappa shape index (κ3) is 6.01. The van der Waals surface area contributed by atoms with Gasteiger partial charge in [0.15, 0.2) is 5.78 Å². The number of Topliss-reactive ketones (excluding diaryl/α,β-unsaturated/α-hetero) is 1. The minimum atomic E-state index is -0.0741. The number of ketones is 1. The van der Waals surface area contributed by atoms with Crippen LogP contribution in [0.4, 0.5) is 0 Å². The van der Waals surface area contributed by atoms with Crippen molar-refractivity contribution >= 4 is 24.1 Å². The SMILES string of the molecule is COc1ccc(C(C)=O)cc1CC(=O)NC(CN)C1CCCCC1.Cl. The van der Waals surface area contributed by atoms with Gasteiger partial charge < -0.3 is 15.8 Å². The lowest BCUT2D eigenvalue weighted by Gasteiger charge is -2.30. The van der Waals surface area contributed by atoms with Crippen LogP contribution in [0.5, 0.6) is 5.75 Å². The Morgan fingerprint density at radius 2 is 1.96 bits per heavy atom. The zero-order chi connectivity index (χ0) is 17.5. The standard InChI is InChI=1S/C19H28N2O3.ClH/c1-13(22)15-8-9-18(24-2)16(10-15)11-19(23)21-17(12-20)14-6-4-3-5-7-14;/h8-10,14,17H,3-7,11-12,20H2,1-2H3,(H,21,23);1H. The van der Waals surface area contributed by atoms with Crippen LogP contribution < -0.4 is 15.8 Å². The van der Waals surface area contributed by atoms with Crippen molar-refractivity contribution in [3.63, 3.8) is 0 Å². The fraction of sp³-hybridized carbons (Fsp3) is 0.579. The summed E-state index contributed by atoms with van der Waals surface area (Å²) in [6, 6.07) is 5.22. The van der Waals surface area contributed by atoms with Crippen molar-refractivity contribution < 1.29 is 14.3 Å². The van der Waals surface area contributed by atoms with Gasteiger partial charge in [-0.05, 0) is 43.9 Å². The van der Waals surface area contributed by atoms with E-state index in [1.807, 2.05) is 0 Å². The first-order valence-electron chi connectivity index (χ1n) is 8.72. The van der Waals surface area contributed by atoms with Crippen LogP contribution >= 0.6 is 12.4 Å². The van der Waals surface area contributed by atoms with Crippen molar-refractivity contribution in [1.82, 2.24) is 5.32 Å². The molecule has 2 rings (SSSR count). The highest BCUT2D eigenvalue weighted by molar-refractivity contribution is 5.94. The Kier molecular flexibility index (Phi) is 8.93. The van der Waals surface area contributed by atoms with Crippen molar-refractivity contribution in [3.8, 4) is 5.75 Å². The van der Waals surface area contributed by atoms with E-state index in [1.165, 1.54) is 26.2 Å². The van der Waals surface area contributed by atoms with E-state index in [9.17, 15) is 9.59 Å². The topological polar surface area (TPSA) is 81.4 Å². The summed E-state index contributed by atoms with van der Waals surface area (Å²) >= 11 is 0. The number of nitrogens with two attached hydrogens (primary N) is 1. The summed E-state index contributed by atoms with van der Waals surface area (Å²) in [5, 5.41) is 3.08. The second-order valence-electron chi connectivity index (χ2n) is 6.57. The summed E-state index contributed by atoms with van der Waals surface area (Å²) in [5.41, 5.74) is 7.19. The summed E-state index contributed by atoms with van der Waals surface area (Å²) in [5.74, 6) is 0.992. The van der Waals surface area contributed by atoms with E-state index in [4.69, 9.17) is 10.5 Å². The number of hydrogen-bond acceptors (Lipinski definition) is 4. The van der Waals surface area contributed by atoms with Crippen molar-refractivity contribution in [3.05, 3.63) is 29.3 Å². The number of hydrogen-bond donors (Lipinski definition) is 2. The van der Waals surface area contributed by atoms with Crippen LogP contribution in [0.15, 0.2) is 18.2 Å². The Bertz CT molecular complexity index is 586. The van der Waals surface area contributed by atoms with Crippen molar-refractivity contribution in [2.75, 3.05) is 13.7 Å². The lowest BCUT2D eigenvalue weighted by Crippen LogP contribution is -2.46. The maximum Gasteiger partial charge on any atom is 0.224 e. The van der Waals surface area contributed by atoms with Crippen molar-refractivity contribution in [1.29, 1.82) is 0 Å². The lowest BCUT2D eigenvalue weighted by molar-refractivity contribution is -0.121. The molecule has 1 fully saturated rings. The predicted molar refractivity (Wildman–Crippen MR) is 102 cm³/mol. The smallest absolute Gasteiger partial charge is 0.224 e. The molecule has 1 saturated carbocycles. The van der Waals surface area contributed by atoms with Crippen LogP contribution in [0.3, 0.4) is 0 Å². The van der Waals surface area contributed by atoms with Gasteiger partial charge in [-0.1, -0.05) is 19.3 Å². The molecule has 0 radical (unpaired) electrons. The first kappa shape index (κ1) is 21.5. The Morgan fingerprint density at radius 1 is 1.28 bits per heavy atom. The van der Waals surface area contributed by atoms with E-state index in [2.05, 4.69) is 5.32 Å². The molecule has 0 spiro atoms. The van der Waals surface area contributed by atoms with Crippen LogP contribution in [0.1, 0.15) is 54.9 Å². The number of benzene rings is 1. The monoisotopic (exact) mass is 368 g/mol. The summed E-state index contributed by atoms with van der Waals surface area (Å²) in [4.78, 5) is 24.0. The molecule has 3 N–H and O–H groups in total. The lowest BCUT2D eigenvalue weighted by atomic mass is 9.84. The maximum atomic E-state index is 12.5. The first-order valence-corrected chi connectivity index (χ1v) is 8.72. The first-order chi connectivity index (χ1) is 11.5. The minimum absolute atomic E-state index is 0. The number of ether oxygens (including phenoxy) is 1. The number of carbonyl (C=O) groups is 2. The number of rotatable bonds is 7. The molecule has 6 heteroatoms. The molecule has 1 atom stereocenters. The number of methoxy groups -OCH3 is 1. The molecule has 1 aliphatic carbocycles. The Hall–Kier alpha value is -1.59. The molecule has 0 saturated heterocycles. The summed E-state index contributed by atoms with van der Waals surface area (Å²) in [6.07, 6.45) is 6.15. The fourth-order valence-electron chi connectivity index (χ4n) is 3.47. The molecule has 0 heterocycles. The molecule has 25 heavy (non-hydrogen) atoms. The molecule has 0 aliphatic heterocycles. The molecular weight excluding hydrogens is 340 g/mol. The van der Waals surface area contributed by atoms with Crippen LogP contribution in [-0.2, 0) is 11.2 Å². The van der Waals surface area contributed by atoms with Crippen LogP contribution in [-0.4, -0.2) is 31.4 Å². The number of amides is 1. The van der Waals surface area contributed by atoms with Gasteiger partial charge in [0.2, 0.25) is 5.91 Å². The third-order valence-electron chi connectivity index (χ3n) is 4.86. The van der Waals surface area contributed by atoms with Gasteiger partial charge >= 0.3 is 0 Å². The van der Waals surface area contributed by atoms with Gasteiger partial charge in [-0.25, -0.2) is 0 Å². The van der Waals surface area contributed by atoms with Crippen LogP contribution in [0.2, 0.25) is 0 Å². The molecular formula is C19H29ClN2O3. The zero-order valence-corrected chi connectivity index (χ0v) is 15.9. The van der Waals surface area contributed by atoms with E-state index in [0.29, 0.717) is 23.8 Å². The van der Waals surface area contributed by atoms with Gasteiger partial charge in [0.05, 0.1) is 13.5 Å². The average Bonchev–Trinajstić information content (AvgIpc) is 2.60. The van der Waals surface area contributed by atoms with E-state index < -0.39 is 0 Å². The van der Waals surface area contributed by atoms with Crippen molar-refractivity contribution in [2.45, 2.75) is 51.5 Å². The normalized spacial score (nSPS) is 15.8. The molecule has 5 nitrogen and oxygen atoms in total. The quantitative estimate of drug-likeness (QED) is 0.725. The molecule has 1 aromatic carbocycles. The summed E-state index contributed by atoms with van der Waals surface area (Å²) < 4.78 is 5.31. The van der Waals surface area contributed by atoms with Gasteiger partial charge in [0.25, 0.3) is 0 Å². The molecule has 1 amide bonds. The highest BCUT2D eigenvalue weighted by atomic mass is 35.5. The number of nitrogens with one attached hydrogen (secondary N) is 1. The largest absolute Gasteiger partial charge is 0.496 e. The van der Waals surface area contributed by atoms with Crippen LogP contribution in [0, 0.1) is 5.92 Å². The van der Waals surface area contributed by atoms with E-state index in [-0.39, 0.29) is 36.6 Å². The summed E-state index contributed by atoms with van der Waals surface area (Å²) in [6.45, 7) is 1.97. The van der Waals surface area contributed by atoms with E-state index in [0.717, 1.165) is 18.4 Å². The third-order valence-corrected chi connectivity index (χ3v) is 4.86. The second-order valence-corrected chi connectivity index (χ2v) is 6.57. The van der Waals surface area contributed by atoms with Gasteiger partial charge in [0, 0.05) is 23.7 Å². The molecule has 0 bridgehead atoms. The van der Waals surface area contributed by atoms with E-state index >= 15 is 0 Å². The average molecular weight is 369 g/mol. The van der Waals surface area contributed by atoms with Gasteiger partial charge in [-0.2, -0.15) is 0 Å². The van der Waals surface area contributed by atoms with Crippen LogP contribution in [0.25, 0.3) is 0 Å². The molecule has 140 valence electrons. The summed E-state index contributed by atoms with van der Waals surface area (Å²) in [7, 11) is 1.56. The molecule has 1 unspecified atom stereocenters. The Morgan fingerprint density at radius 3 is 2.52 bits per heavy atom. The minimum Gasteiger partial charge on any atom is -0.496 e. The fourth-order valence-corrected chi connectivity index (χ4v) is 3.47. The maximum absolute atomic E-state index is 12.5. The zero-order valence-electron chi connectivity index (χ0n) is 15.0.